The van der Waals surface area contributed by atoms with E-state index in [1.165, 1.54) is 13.4 Å². The lowest BCUT2D eigenvalue weighted by Gasteiger charge is -2.33. The van der Waals surface area contributed by atoms with Gasteiger partial charge in [0, 0.05) is 18.3 Å². The van der Waals surface area contributed by atoms with Crippen molar-refractivity contribution in [1.29, 1.82) is 0 Å². The number of pyridine rings is 2. The smallest absolute Gasteiger partial charge is 0.417 e. The van der Waals surface area contributed by atoms with Gasteiger partial charge in [0.25, 0.3) is 5.91 Å². The molecular formula is C23H21F3N6O4. The number of carbonyl (C=O) groups excluding carboxylic acids is 2. The molecule has 0 aromatic carbocycles. The summed E-state index contributed by atoms with van der Waals surface area (Å²) in [5.41, 5.74) is 0.0186. The average molecular weight is 502 g/mol. The minimum atomic E-state index is -4.61. The monoisotopic (exact) mass is 502 g/mol. The van der Waals surface area contributed by atoms with E-state index in [1.54, 1.807) is 12.3 Å². The molecule has 3 amide bonds. The predicted molar refractivity (Wildman–Crippen MR) is 119 cm³/mol. The maximum atomic E-state index is 13.1. The molecule has 188 valence electrons. The van der Waals surface area contributed by atoms with Gasteiger partial charge in [0.1, 0.15) is 24.7 Å². The van der Waals surface area contributed by atoms with Crippen LogP contribution in [0, 0.1) is 0 Å². The third kappa shape index (κ3) is 4.48. The number of anilines is 1. The lowest BCUT2D eigenvalue weighted by atomic mass is 9.92. The highest BCUT2D eigenvalue weighted by Gasteiger charge is 2.43. The second-order valence-electron chi connectivity index (χ2n) is 8.53. The number of halogens is 3. The van der Waals surface area contributed by atoms with Gasteiger partial charge >= 0.3 is 12.2 Å². The Morgan fingerprint density at radius 3 is 2.50 bits per heavy atom. The van der Waals surface area contributed by atoms with Gasteiger partial charge in [0.05, 0.1) is 36.3 Å². The number of ether oxygens (including phenoxy) is 2. The first-order chi connectivity index (χ1) is 17.2. The van der Waals surface area contributed by atoms with E-state index in [4.69, 9.17) is 9.47 Å². The number of fused-ring (bicyclic) bond motifs is 1. The summed E-state index contributed by atoms with van der Waals surface area (Å²) in [5, 5.41) is 0. The van der Waals surface area contributed by atoms with Crippen LogP contribution in [0.25, 0.3) is 11.0 Å². The number of alkyl halides is 3. The molecule has 13 heteroatoms. The molecule has 10 nitrogen and oxygen atoms in total. The summed E-state index contributed by atoms with van der Waals surface area (Å²) in [7, 11) is 1.53. The second-order valence-corrected chi connectivity index (χ2v) is 8.53. The van der Waals surface area contributed by atoms with Gasteiger partial charge in [-0.2, -0.15) is 18.2 Å². The van der Waals surface area contributed by atoms with Crippen LogP contribution in [0.4, 0.5) is 23.7 Å². The predicted octanol–water partition coefficient (Wildman–Crippen LogP) is 3.61. The second kappa shape index (κ2) is 9.21. The van der Waals surface area contributed by atoms with Crippen molar-refractivity contribution in [3.8, 4) is 11.6 Å². The van der Waals surface area contributed by atoms with Gasteiger partial charge in [-0.05, 0) is 31.7 Å². The van der Waals surface area contributed by atoms with E-state index < -0.39 is 23.7 Å². The molecule has 36 heavy (non-hydrogen) atoms. The molecule has 0 radical (unpaired) electrons. The summed E-state index contributed by atoms with van der Waals surface area (Å²) in [5.74, 6) is 0.437. The summed E-state index contributed by atoms with van der Waals surface area (Å²) >= 11 is 0. The maximum Gasteiger partial charge on any atom is 0.417 e. The summed E-state index contributed by atoms with van der Waals surface area (Å²) in [6.45, 7) is -0.333. The highest BCUT2D eigenvalue weighted by molar-refractivity contribution is 6.12. The number of urea groups is 1. The van der Waals surface area contributed by atoms with E-state index in [9.17, 15) is 22.8 Å². The van der Waals surface area contributed by atoms with Gasteiger partial charge in [0.15, 0.2) is 5.52 Å². The van der Waals surface area contributed by atoms with Crippen molar-refractivity contribution < 1.29 is 32.2 Å². The molecule has 0 N–H and O–H groups in total. The molecule has 1 saturated carbocycles. The molecule has 0 unspecified atom stereocenters. The number of methoxy groups -OCH3 is 1. The van der Waals surface area contributed by atoms with Crippen LogP contribution in [0.3, 0.4) is 0 Å². The van der Waals surface area contributed by atoms with Crippen molar-refractivity contribution in [3.05, 3.63) is 42.6 Å². The van der Waals surface area contributed by atoms with E-state index in [2.05, 4.69) is 19.9 Å². The summed E-state index contributed by atoms with van der Waals surface area (Å²) in [4.78, 5) is 44.1. The van der Waals surface area contributed by atoms with Gasteiger partial charge in [0.2, 0.25) is 5.88 Å². The number of aromatic nitrogens is 4. The molecule has 0 spiro atoms. The molecule has 4 heterocycles. The number of imide groups is 1. The Labute approximate surface area is 203 Å². The van der Waals surface area contributed by atoms with Crippen LogP contribution in [0.15, 0.2) is 37.1 Å². The fourth-order valence-corrected chi connectivity index (χ4v) is 4.49. The van der Waals surface area contributed by atoms with Crippen LogP contribution in [-0.4, -0.2) is 62.6 Å². The van der Waals surface area contributed by atoms with Crippen molar-refractivity contribution in [3.63, 3.8) is 0 Å². The van der Waals surface area contributed by atoms with Gasteiger partial charge in [-0.15, -0.1) is 0 Å². The van der Waals surface area contributed by atoms with Gasteiger partial charge in [-0.3, -0.25) is 19.6 Å². The first-order valence-corrected chi connectivity index (χ1v) is 11.2. The first-order valence-electron chi connectivity index (χ1n) is 11.2. The number of hydrogen-bond acceptors (Lipinski definition) is 8. The third-order valence-corrected chi connectivity index (χ3v) is 6.30. The van der Waals surface area contributed by atoms with E-state index in [0.29, 0.717) is 54.5 Å². The van der Waals surface area contributed by atoms with E-state index in [-0.39, 0.29) is 24.4 Å². The van der Waals surface area contributed by atoms with Crippen LogP contribution in [-0.2, 0) is 11.0 Å². The molecule has 1 aliphatic heterocycles. The van der Waals surface area contributed by atoms with E-state index in [1.807, 2.05) is 0 Å². The van der Waals surface area contributed by atoms with Crippen LogP contribution in [0.2, 0.25) is 0 Å². The van der Waals surface area contributed by atoms with Crippen molar-refractivity contribution in [2.45, 2.75) is 44.0 Å². The molecule has 0 atom stereocenters. The quantitative estimate of drug-likeness (QED) is 0.487. The van der Waals surface area contributed by atoms with Gasteiger partial charge in [-0.25, -0.2) is 14.8 Å². The van der Waals surface area contributed by atoms with Gasteiger partial charge in [-0.1, -0.05) is 0 Å². The topological polar surface area (TPSA) is 111 Å². The van der Waals surface area contributed by atoms with Crippen molar-refractivity contribution >= 4 is 28.7 Å². The third-order valence-electron chi connectivity index (χ3n) is 6.30. The first kappa shape index (κ1) is 23.7. The fourth-order valence-electron chi connectivity index (χ4n) is 4.49. The Hall–Kier alpha value is -4.03. The van der Waals surface area contributed by atoms with Crippen LogP contribution in [0.1, 0.15) is 31.2 Å². The van der Waals surface area contributed by atoms with Crippen LogP contribution < -0.4 is 14.4 Å². The molecule has 3 aromatic heterocycles. The fraction of sp³-hybridized carbons (Fsp3) is 0.391. The summed E-state index contributed by atoms with van der Waals surface area (Å²) in [6.07, 6.45) is 2.01. The lowest BCUT2D eigenvalue weighted by Crippen LogP contribution is -2.44. The normalized spacial score (nSPS) is 20.8. The molecule has 2 fully saturated rings. The number of nitrogens with zero attached hydrogens (tertiary/aromatic N) is 6. The molecular weight excluding hydrogens is 481 g/mol. The Morgan fingerprint density at radius 2 is 1.78 bits per heavy atom. The average Bonchev–Trinajstić information content (AvgIpc) is 3.17. The molecule has 3 aromatic rings. The Bertz CT molecular complexity index is 1310. The number of rotatable bonds is 5. The zero-order valence-electron chi connectivity index (χ0n) is 19.1. The van der Waals surface area contributed by atoms with Crippen LogP contribution in [0.5, 0.6) is 11.6 Å². The summed E-state index contributed by atoms with van der Waals surface area (Å²) in [6, 6.07) is 1.52. The Balaban J connectivity index is 1.25. The molecule has 2 aliphatic rings. The largest absolute Gasteiger partial charge is 0.495 e. The standard InChI is InChI=1S/C23H21F3N6O4/c1-35-17-7-18-20(28-10-17)21(30-12-29-18)36-16-4-2-14(3-5-16)32-19(33)11-31(22(32)34)15-6-13(8-27-9-15)23(24,25)26/h6-10,12,14,16H,2-5,11H2,1H3. The SMILES string of the molecule is COc1cnc2c(OC3CCC(N4C(=O)CN(c5cncc(C(F)(F)F)c5)C4=O)CC3)ncnc2c1. The number of amides is 3. The minimum absolute atomic E-state index is 0.0672. The zero-order valence-corrected chi connectivity index (χ0v) is 19.1. The van der Waals surface area contributed by atoms with Crippen molar-refractivity contribution in [1.82, 2.24) is 24.8 Å². The zero-order chi connectivity index (χ0) is 25.4. The van der Waals surface area contributed by atoms with E-state index in [0.717, 1.165) is 22.1 Å². The molecule has 1 aliphatic carbocycles. The minimum Gasteiger partial charge on any atom is -0.495 e. The molecule has 0 bridgehead atoms. The number of hydrogen-bond donors (Lipinski definition) is 0. The Kier molecular flexibility index (Phi) is 6.06. The van der Waals surface area contributed by atoms with Crippen LogP contribution >= 0.6 is 0 Å². The highest BCUT2D eigenvalue weighted by Crippen LogP contribution is 2.34. The lowest BCUT2D eigenvalue weighted by molar-refractivity contribution is -0.137. The molecule has 5 rings (SSSR count). The summed E-state index contributed by atoms with van der Waals surface area (Å²) < 4.78 is 50.4. The van der Waals surface area contributed by atoms with Gasteiger partial charge < -0.3 is 9.47 Å². The number of carbonyl (C=O) groups is 2. The van der Waals surface area contributed by atoms with E-state index >= 15 is 0 Å². The Morgan fingerprint density at radius 1 is 1.00 bits per heavy atom. The molecule has 1 saturated heterocycles. The van der Waals surface area contributed by atoms with Crippen molar-refractivity contribution in [2.24, 2.45) is 0 Å². The highest BCUT2D eigenvalue weighted by atomic mass is 19.4. The van der Waals surface area contributed by atoms with Crippen molar-refractivity contribution in [2.75, 3.05) is 18.6 Å². The maximum absolute atomic E-state index is 13.1.